The lowest BCUT2D eigenvalue weighted by Gasteiger charge is -2.09. The number of amides is 1. The number of nitrogens with zero attached hydrogens (tertiary/aromatic N) is 1. The van der Waals surface area contributed by atoms with E-state index in [1.807, 2.05) is 49.4 Å². The minimum Gasteiger partial charge on any atom is -0.370 e. The van der Waals surface area contributed by atoms with Gasteiger partial charge in [-0.15, -0.1) is 24.0 Å². The van der Waals surface area contributed by atoms with Crippen molar-refractivity contribution in [3.63, 3.8) is 0 Å². The summed E-state index contributed by atoms with van der Waals surface area (Å²) in [4.78, 5) is 16.1. The number of guanidine groups is 1. The summed E-state index contributed by atoms with van der Waals surface area (Å²) in [5.41, 5.74) is 9.66. The summed E-state index contributed by atoms with van der Waals surface area (Å²) in [6.45, 7) is 3.99. The van der Waals surface area contributed by atoms with Gasteiger partial charge in [-0.3, -0.25) is 4.79 Å². The van der Waals surface area contributed by atoms with Crippen LogP contribution in [0, 0.1) is 6.92 Å². The molecule has 0 atom stereocenters. The second-order valence-electron chi connectivity index (χ2n) is 5.38. The molecule has 1 amide bonds. The molecule has 0 saturated heterocycles. The summed E-state index contributed by atoms with van der Waals surface area (Å²) in [6.07, 6.45) is 0.985. The lowest BCUT2D eigenvalue weighted by Crippen LogP contribution is -2.25. The Bertz CT molecular complexity index is 747. The van der Waals surface area contributed by atoms with Gasteiger partial charge in [0.15, 0.2) is 5.96 Å². The average molecular weight is 517 g/mol. The van der Waals surface area contributed by atoms with E-state index in [0.717, 1.165) is 27.8 Å². The van der Waals surface area contributed by atoms with E-state index in [1.54, 1.807) is 0 Å². The van der Waals surface area contributed by atoms with Gasteiger partial charge in [0.25, 0.3) is 0 Å². The van der Waals surface area contributed by atoms with Gasteiger partial charge < -0.3 is 16.4 Å². The minimum absolute atomic E-state index is 0. The Morgan fingerprint density at radius 1 is 1.16 bits per heavy atom. The van der Waals surface area contributed by atoms with Crippen molar-refractivity contribution in [3.8, 4) is 0 Å². The SMILES string of the molecule is CCc1ccc(NC(N)=NCC(=O)Nc2cc(Br)ccc2C)cc1.I. The third-order valence-electron chi connectivity index (χ3n) is 3.50. The second kappa shape index (κ2) is 10.4. The topological polar surface area (TPSA) is 79.5 Å². The number of aryl methyl sites for hydroxylation is 2. The molecule has 0 aliphatic carbocycles. The van der Waals surface area contributed by atoms with Crippen LogP contribution in [0.1, 0.15) is 18.1 Å². The molecule has 25 heavy (non-hydrogen) atoms. The van der Waals surface area contributed by atoms with Crippen LogP contribution in [0.5, 0.6) is 0 Å². The number of benzene rings is 2. The van der Waals surface area contributed by atoms with Crippen LogP contribution in [0.15, 0.2) is 51.9 Å². The first-order valence-corrected chi connectivity index (χ1v) is 8.49. The highest BCUT2D eigenvalue weighted by molar-refractivity contribution is 14.0. The van der Waals surface area contributed by atoms with Crippen LogP contribution in [0.3, 0.4) is 0 Å². The molecule has 0 aliphatic heterocycles. The number of aliphatic imine (C=N–C) groups is 1. The van der Waals surface area contributed by atoms with Crippen LogP contribution in [0.4, 0.5) is 11.4 Å². The van der Waals surface area contributed by atoms with Crippen LogP contribution in [-0.2, 0) is 11.2 Å². The summed E-state index contributed by atoms with van der Waals surface area (Å²) < 4.78 is 0.906. The minimum atomic E-state index is -0.220. The van der Waals surface area contributed by atoms with E-state index in [-0.39, 0.29) is 42.4 Å². The fourth-order valence-electron chi connectivity index (χ4n) is 2.09. The molecule has 5 nitrogen and oxygen atoms in total. The number of nitrogens with two attached hydrogens (primary N) is 1. The monoisotopic (exact) mass is 516 g/mol. The molecule has 0 heterocycles. The van der Waals surface area contributed by atoms with Crippen molar-refractivity contribution < 1.29 is 4.79 Å². The van der Waals surface area contributed by atoms with Crippen molar-refractivity contribution in [1.29, 1.82) is 0 Å². The highest BCUT2D eigenvalue weighted by atomic mass is 127. The summed E-state index contributed by atoms with van der Waals surface area (Å²) >= 11 is 3.39. The Labute approximate surface area is 173 Å². The van der Waals surface area contributed by atoms with Gasteiger partial charge in [-0.1, -0.05) is 41.1 Å². The van der Waals surface area contributed by atoms with Gasteiger partial charge in [0.2, 0.25) is 5.91 Å². The smallest absolute Gasteiger partial charge is 0.246 e. The maximum Gasteiger partial charge on any atom is 0.246 e. The van der Waals surface area contributed by atoms with E-state index in [9.17, 15) is 4.79 Å². The summed E-state index contributed by atoms with van der Waals surface area (Å²) in [5, 5.41) is 5.80. The molecule has 0 radical (unpaired) electrons. The Morgan fingerprint density at radius 2 is 1.84 bits per heavy atom. The van der Waals surface area contributed by atoms with Crippen LogP contribution in [0.2, 0.25) is 0 Å². The highest BCUT2D eigenvalue weighted by Crippen LogP contribution is 2.20. The Hall–Kier alpha value is -1.61. The van der Waals surface area contributed by atoms with Crippen LogP contribution in [-0.4, -0.2) is 18.4 Å². The summed E-state index contributed by atoms with van der Waals surface area (Å²) in [7, 11) is 0. The molecule has 2 aromatic carbocycles. The summed E-state index contributed by atoms with van der Waals surface area (Å²) in [5.74, 6) is -0.0114. The molecule has 2 rings (SSSR count). The zero-order valence-electron chi connectivity index (χ0n) is 14.2. The maximum absolute atomic E-state index is 12.0. The average Bonchev–Trinajstić information content (AvgIpc) is 2.57. The predicted molar refractivity (Wildman–Crippen MR) is 119 cm³/mol. The van der Waals surface area contributed by atoms with Crippen LogP contribution >= 0.6 is 39.9 Å². The van der Waals surface area contributed by atoms with Crippen molar-refractivity contribution >= 4 is 63.1 Å². The zero-order chi connectivity index (χ0) is 17.5. The molecule has 134 valence electrons. The Kier molecular flexibility index (Phi) is 8.91. The van der Waals surface area contributed by atoms with Crippen molar-refractivity contribution in [2.75, 3.05) is 17.2 Å². The van der Waals surface area contributed by atoms with Gasteiger partial charge in [-0.2, -0.15) is 0 Å². The van der Waals surface area contributed by atoms with Crippen molar-refractivity contribution in [3.05, 3.63) is 58.1 Å². The molecule has 0 spiro atoms. The van der Waals surface area contributed by atoms with E-state index < -0.39 is 0 Å². The number of hydrogen-bond donors (Lipinski definition) is 3. The van der Waals surface area contributed by atoms with Crippen molar-refractivity contribution in [2.24, 2.45) is 10.7 Å². The van der Waals surface area contributed by atoms with E-state index in [4.69, 9.17) is 5.73 Å². The lowest BCUT2D eigenvalue weighted by atomic mass is 10.1. The molecule has 7 heteroatoms. The molecular formula is C18H22BrIN4O. The number of hydrogen-bond acceptors (Lipinski definition) is 2. The first-order chi connectivity index (χ1) is 11.5. The number of carbonyl (C=O) groups excluding carboxylic acids is 1. The molecule has 2 aromatic rings. The highest BCUT2D eigenvalue weighted by Gasteiger charge is 2.05. The van der Waals surface area contributed by atoms with Gasteiger partial charge in [0.1, 0.15) is 6.54 Å². The molecule has 0 fully saturated rings. The van der Waals surface area contributed by atoms with Gasteiger partial charge in [0, 0.05) is 15.8 Å². The number of halogens is 2. The fourth-order valence-corrected chi connectivity index (χ4v) is 2.45. The quantitative estimate of drug-likeness (QED) is 0.315. The first-order valence-electron chi connectivity index (χ1n) is 7.70. The summed E-state index contributed by atoms with van der Waals surface area (Å²) in [6, 6.07) is 13.6. The molecular weight excluding hydrogens is 495 g/mol. The standard InChI is InChI=1S/C18H21BrN4O.HI/c1-3-13-5-8-15(9-6-13)22-18(20)21-11-17(24)23-16-10-14(19)7-4-12(16)2;/h4-10H,3,11H2,1-2H3,(H,23,24)(H3,20,21,22);1H. The van der Waals surface area contributed by atoms with E-state index in [0.29, 0.717) is 0 Å². The number of carbonyl (C=O) groups is 1. The largest absolute Gasteiger partial charge is 0.370 e. The van der Waals surface area contributed by atoms with Crippen molar-refractivity contribution in [2.45, 2.75) is 20.3 Å². The maximum atomic E-state index is 12.0. The predicted octanol–water partition coefficient (Wildman–Crippen LogP) is 4.30. The van der Waals surface area contributed by atoms with E-state index in [1.165, 1.54) is 5.56 Å². The third kappa shape index (κ3) is 7.03. The van der Waals surface area contributed by atoms with Crippen molar-refractivity contribution in [1.82, 2.24) is 0 Å². The van der Waals surface area contributed by atoms with Gasteiger partial charge in [-0.05, 0) is 48.7 Å². The van der Waals surface area contributed by atoms with Crippen LogP contribution < -0.4 is 16.4 Å². The Morgan fingerprint density at radius 3 is 2.48 bits per heavy atom. The number of anilines is 2. The van der Waals surface area contributed by atoms with Gasteiger partial charge >= 0.3 is 0 Å². The zero-order valence-corrected chi connectivity index (χ0v) is 18.1. The number of nitrogens with one attached hydrogen (secondary N) is 2. The lowest BCUT2D eigenvalue weighted by molar-refractivity contribution is -0.114. The van der Waals surface area contributed by atoms with E-state index >= 15 is 0 Å². The fraction of sp³-hybridized carbons (Fsp3) is 0.222. The van der Waals surface area contributed by atoms with Gasteiger partial charge in [-0.25, -0.2) is 4.99 Å². The molecule has 0 aromatic heterocycles. The molecule has 0 saturated carbocycles. The first kappa shape index (κ1) is 21.4. The second-order valence-corrected chi connectivity index (χ2v) is 6.30. The molecule has 0 aliphatic rings. The normalized spacial score (nSPS) is 10.8. The molecule has 0 unspecified atom stereocenters. The number of rotatable bonds is 5. The third-order valence-corrected chi connectivity index (χ3v) is 3.99. The molecule has 4 N–H and O–H groups in total. The Balaban J connectivity index is 0.00000312. The van der Waals surface area contributed by atoms with E-state index in [2.05, 4.69) is 38.5 Å². The van der Waals surface area contributed by atoms with Crippen LogP contribution in [0.25, 0.3) is 0 Å². The molecule has 0 bridgehead atoms. The van der Waals surface area contributed by atoms with Gasteiger partial charge in [0.05, 0.1) is 0 Å².